The van der Waals surface area contributed by atoms with E-state index in [1.807, 2.05) is 12.1 Å². The lowest BCUT2D eigenvalue weighted by atomic mass is 10.1. The molecule has 16 heavy (non-hydrogen) atoms. The van der Waals surface area contributed by atoms with Crippen molar-refractivity contribution >= 4 is 6.29 Å². The van der Waals surface area contributed by atoms with Gasteiger partial charge in [-0.3, -0.25) is 9.69 Å². The number of rotatable bonds is 3. The maximum atomic E-state index is 10.5. The molecule has 1 heterocycles. The smallest absolute Gasteiger partial charge is 0.150 e. The summed E-state index contributed by atoms with van der Waals surface area (Å²) >= 11 is 0. The van der Waals surface area contributed by atoms with E-state index in [1.165, 1.54) is 44.3 Å². The van der Waals surface area contributed by atoms with Gasteiger partial charge in [-0.15, -0.1) is 0 Å². The molecule has 0 radical (unpaired) electrons. The van der Waals surface area contributed by atoms with Crippen molar-refractivity contribution in [1.82, 2.24) is 4.90 Å². The van der Waals surface area contributed by atoms with E-state index in [9.17, 15) is 4.79 Å². The van der Waals surface area contributed by atoms with Crippen LogP contribution in [0, 0.1) is 0 Å². The Kier molecular flexibility index (Phi) is 4.11. The Balaban J connectivity index is 1.93. The van der Waals surface area contributed by atoms with Gasteiger partial charge in [-0.25, -0.2) is 0 Å². The molecule has 2 rings (SSSR count). The minimum absolute atomic E-state index is 0.764. The average Bonchev–Trinajstić information content (AvgIpc) is 2.59. The van der Waals surface area contributed by atoms with Gasteiger partial charge in [0, 0.05) is 12.1 Å². The van der Waals surface area contributed by atoms with Crippen LogP contribution in [0.3, 0.4) is 0 Å². The van der Waals surface area contributed by atoms with Crippen LogP contribution in [0.1, 0.15) is 41.6 Å². The van der Waals surface area contributed by atoms with Crippen molar-refractivity contribution in [2.24, 2.45) is 0 Å². The molecule has 0 saturated carbocycles. The van der Waals surface area contributed by atoms with Crippen molar-refractivity contribution in [3.8, 4) is 0 Å². The van der Waals surface area contributed by atoms with Crippen LogP contribution >= 0.6 is 0 Å². The number of carbonyl (C=O) groups is 1. The monoisotopic (exact) mass is 217 g/mol. The first-order chi connectivity index (χ1) is 7.88. The predicted octanol–water partition coefficient (Wildman–Crippen LogP) is 2.88. The summed E-state index contributed by atoms with van der Waals surface area (Å²) in [6.45, 7) is 3.46. The molecule has 1 fully saturated rings. The topological polar surface area (TPSA) is 20.3 Å². The first kappa shape index (κ1) is 11.3. The van der Waals surface area contributed by atoms with E-state index >= 15 is 0 Å². The van der Waals surface area contributed by atoms with Gasteiger partial charge < -0.3 is 0 Å². The Morgan fingerprint density at radius 3 is 2.19 bits per heavy atom. The van der Waals surface area contributed by atoms with Crippen LogP contribution < -0.4 is 0 Å². The average molecular weight is 217 g/mol. The Bertz CT molecular complexity index is 323. The van der Waals surface area contributed by atoms with Gasteiger partial charge in [-0.2, -0.15) is 0 Å². The molecule has 1 saturated heterocycles. The molecule has 1 aromatic carbocycles. The molecule has 0 aromatic heterocycles. The molecule has 0 amide bonds. The molecule has 0 atom stereocenters. The zero-order valence-electron chi connectivity index (χ0n) is 9.69. The lowest BCUT2D eigenvalue weighted by Gasteiger charge is -2.19. The summed E-state index contributed by atoms with van der Waals surface area (Å²) < 4.78 is 0. The van der Waals surface area contributed by atoms with Crippen LogP contribution in [0.25, 0.3) is 0 Å². The lowest BCUT2D eigenvalue weighted by Crippen LogP contribution is -2.23. The minimum atomic E-state index is 0.764. The van der Waals surface area contributed by atoms with Gasteiger partial charge in [0.1, 0.15) is 6.29 Å². The normalized spacial score (nSPS) is 18.0. The molecule has 0 bridgehead atoms. The molecule has 0 unspecified atom stereocenters. The fraction of sp³-hybridized carbons (Fsp3) is 0.500. The Morgan fingerprint density at radius 2 is 1.62 bits per heavy atom. The first-order valence-corrected chi connectivity index (χ1v) is 6.15. The first-order valence-electron chi connectivity index (χ1n) is 6.15. The van der Waals surface area contributed by atoms with E-state index in [4.69, 9.17) is 0 Å². The molecule has 2 nitrogen and oxygen atoms in total. The number of benzene rings is 1. The third-order valence-electron chi connectivity index (χ3n) is 3.22. The summed E-state index contributed by atoms with van der Waals surface area (Å²) in [7, 11) is 0. The summed E-state index contributed by atoms with van der Waals surface area (Å²) in [5, 5.41) is 0. The number of hydrogen-bond acceptors (Lipinski definition) is 2. The zero-order chi connectivity index (χ0) is 11.2. The SMILES string of the molecule is O=Cc1ccc(CN2CCCCCC2)cc1. The Morgan fingerprint density at radius 1 is 1.00 bits per heavy atom. The summed E-state index contributed by atoms with van der Waals surface area (Å²) in [5.41, 5.74) is 2.08. The van der Waals surface area contributed by atoms with Gasteiger partial charge in [0.2, 0.25) is 0 Å². The van der Waals surface area contributed by atoms with Crippen LogP contribution in [0.4, 0.5) is 0 Å². The molecule has 0 aliphatic carbocycles. The van der Waals surface area contributed by atoms with Crippen molar-refractivity contribution in [1.29, 1.82) is 0 Å². The molecule has 0 spiro atoms. The summed E-state index contributed by atoms with van der Waals surface area (Å²) in [6, 6.07) is 7.93. The summed E-state index contributed by atoms with van der Waals surface area (Å²) in [4.78, 5) is 13.1. The molecular weight excluding hydrogens is 198 g/mol. The van der Waals surface area contributed by atoms with E-state index in [1.54, 1.807) is 0 Å². The highest BCUT2D eigenvalue weighted by Gasteiger charge is 2.08. The Labute approximate surface area is 97.3 Å². The lowest BCUT2D eigenvalue weighted by molar-refractivity contribution is 0.112. The van der Waals surface area contributed by atoms with Gasteiger partial charge in [-0.1, -0.05) is 37.1 Å². The molecule has 1 aliphatic heterocycles. The quantitative estimate of drug-likeness (QED) is 0.726. The highest BCUT2D eigenvalue weighted by Crippen LogP contribution is 2.13. The van der Waals surface area contributed by atoms with Crippen LogP contribution in [0.15, 0.2) is 24.3 Å². The molecule has 1 aliphatic rings. The third kappa shape index (κ3) is 3.17. The second-order valence-electron chi connectivity index (χ2n) is 4.55. The largest absolute Gasteiger partial charge is 0.299 e. The molecule has 0 N–H and O–H groups in total. The number of nitrogens with zero attached hydrogens (tertiary/aromatic N) is 1. The second-order valence-corrected chi connectivity index (χ2v) is 4.55. The van der Waals surface area contributed by atoms with Crippen LogP contribution in [0.5, 0.6) is 0 Å². The Hall–Kier alpha value is -1.15. The van der Waals surface area contributed by atoms with Crippen molar-refractivity contribution < 1.29 is 4.79 Å². The molecule has 86 valence electrons. The van der Waals surface area contributed by atoms with E-state index in [-0.39, 0.29) is 0 Å². The number of hydrogen-bond donors (Lipinski definition) is 0. The van der Waals surface area contributed by atoms with E-state index in [0.29, 0.717) is 0 Å². The van der Waals surface area contributed by atoms with E-state index in [2.05, 4.69) is 17.0 Å². The predicted molar refractivity (Wildman–Crippen MR) is 65.6 cm³/mol. The number of likely N-dealkylation sites (tertiary alicyclic amines) is 1. The number of aldehydes is 1. The van der Waals surface area contributed by atoms with Gasteiger partial charge in [0.05, 0.1) is 0 Å². The maximum Gasteiger partial charge on any atom is 0.150 e. The molecule has 2 heteroatoms. The highest BCUT2D eigenvalue weighted by molar-refractivity contribution is 5.74. The van der Waals surface area contributed by atoms with Gasteiger partial charge >= 0.3 is 0 Å². The second kappa shape index (κ2) is 5.80. The standard InChI is InChI=1S/C14H19NO/c16-12-14-7-5-13(6-8-14)11-15-9-3-1-2-4-10-15/h5-8,12H,1-4,9-11H2. The van der Waals surface area contributed by atoms with Crippen LogP contribution in [0.2, 0.25) is 0 Å². The fourth-order valence-corrected chi connectivity index (χ4v) is 2.25. The number of carbonyl (C=O) groups excluding carboxylic acids is 1. The third-order valence-corrected chi connectivity index (χ3v) is 3.22. The van der Waals surface area contributed by atoms with E-state index in [0.717, 1.165) is 18.4 Å². The van der Waals surface area contributed by atoms with Crippen molar-refractivity contribution in [3.05, 3.63) is 35.4 Å². The molecular formula is C14H19NO. The van der Waals surface area contributed by atoms with Crippen LogP contribution in [-0.4, -0.2) is 24.3 Å². The molecule has 1 aromatic rings. The van der Waals surface area contributed by atoms with E-state index < -0.39 is 0 Å². The maximum absolute atomic E-state index is 10.5. The van der Waals surface area contributed by atoms with Crippen molar-refractivity contribution in [2.75, 3.05) is 13.1 Å². The highest BCUT2D eigenvalue weighted by atomic mass is 16.1. The minimum Gasteiger partial charge on any atom is -0.299 e. The van der Waals surface area contributed by atoms with Gasteiger partial charge in [0.25, 0.3) is 0 Å². The van der Waals surface area contributed by atoms with Gasteiger partial charge in [-0.05, 0) is 31.5 Å². The van der Waals surface area contributed by atoms with Crippen molar-refractivity contribution in [2.45, 2.75) is 32.2 Å². The van der Waals surface area contributed by atoms with Crippen molar-refractivity contribution in [3.63, 3.8) is 0 Å². The summed E-state index contributed by atoms with van der Waals surface area (Å²) in [5.74, 6) is 0. The fourth-order valence-electron chi connectivity index (χ4n) is 2.25. The summed E-state index contributed by atoms with van der Waals surface area (Å²) in [6.07, 6.45) is 6.30. The van der Waals surface area contributed by atoms with Gasteiger partial charge in [0.15, 0.2) is 0 Å². The van der Waals surface area contributed by atoms with Crippen LogP contribution in [-0.2, 0) is 6.54 Å². The zero-order valence-corrected chi connectivity index (χ0v) is 9.69.